The second kappa shape index (κ2) is 7.89. The molecule has 0 aliphatic carbocycles. The van der Waals surface area contributed by atoms with E-state index in [1.807, 2.05) is 0 Å². The van der Waals surface area contributed by atoms with Gasteiger partial charge in [-0.05, 0) is 23.8 Å². The maximum atomic E-state index is 12.9. The molecule has 0 saturated heterocycles. The first kappa shape index (κ1) is 18.6. The molecular weight excluding hydrogens is 357 g/mol. The smallest absolute Gasteiger partial charge is 0.417 e. The molecule has 2 aromatic rings. The number of rotatable bonds is 5. The highest BCUT2D eigenvalue weighted by Gasteiger charge is 2.33. The number of guanidine groups is 1. The summed E-state index contributed by atoms with van der Waals surface area (Å²) in [6, 6.07) is 10.4. The van der Waals surface area contributed by atoms with Crippen molar-refractivity contribution in [3.05, 3.63) is 64.2 Å². The van der Waals surface area contributed by atoms with Crippen molar-refractivity contribution < 1.29 is 17.9 Å². The first-order chi connectivity index (χ1) is 11.8. The highest BCUT2D eigenvalue weighted by atomic mass is 35.5. The van der Waals surface area contributed by atoms with Crippen LogP contribution in [0, 0.1) is 0 Å². The third-order valence-corrected chi connectivity index (χ3v) is 3.46. The Bertz CT molecular complexity index is 802. The summed E-state index contributed by atoms with van der Waals surface area (Å²) >= 11 is 5.83. The summed E-state index contributed by atoms with van der Waals surface area (Å²) in [4.78, 5) is 0. The van der Waals surface area contributed by atoms with E-state index in [0.717, 1.165) is 6.07 Å². The first-order valence-corrected chi connectivity index (χ1v) is 7.34. The minimum Gasteiger partial charge on any atom is -0.489 e. The van der Waals surface area contributed by atoms with Crippen molar-refractivity contribution in [1.29, 1.82) is 0 Å². The van der Waals surface area contributed by atoms with E-state index in [9.17, 15) is 13.2 Å². The Kier molecular flexibility index (Phi) is 5.87. The van der Waals surface area contributed by atoms with E-state index in [1.165, 1.54) is 18.3 Å². The zero-order valence-corrected chi connectivity index (χ0v) is 13.6. The van der Waals surface area contributed by atoms with Gasteiger partial charge >= 0.3 is 6.18 Å². The molecular formula is C16H14ClF3N4O. The van der Waals surface area contributed by atoms with E-state index >= 15 is 0 Å². The van der Waals surface area contributed by atoms with Gasteiger partial charge in [0.1, 0.15) is 12.4 Å². The Labute approximate surface area is 146 Å². The zero-order valence-electron chi connectivity index (χ0n) is 12.8. The van der Waals surface area contributed by atoms with E-state index in [1.54, 1.807) is 24.3 Å². The van der Waals surface area contributed by atoms with Gasteiger partial charge in [-0.15, -0.1) is 5.10 Å². The molecule has 0 aliphatic heterocycles. The number of halogens is 4. The summed E-state index contributed by atoms with van der Waals surface area (Å²) in [5.74, 6) is 0.255. The van der Waals surface area contributed by atoms with Crippen LogP contribution in [0.1, 0.15) is 16.7 Å². The zero-order chi connectivity index (χ0) is 18.4. The van der Waals surface area contributed by atoms with Crippen LogP contribution < -0.4 is 16.2 Å². The lowest BCUT2D eigenvalue weighted by Crippen LogP contribution is -2.21. The van der Waals surface area contributed by atoms with Crippen LogP contribution in [0.25, 0.3) is 0 Å². The molecule has 0 aromatic heterocycles. The second-order valence-corrected chi connectivity index (χ2v) is 5.29. The Hall–Kier alpha value is -2.74. The number of hydrogen-bond acceptors (Lipinski definition) is 3. The van der Waals surface area contributed by atoms with Gasteiger partial charge < -0.3 is 16.2 Å². The summed E-state index contributed by atoms with van der Waals surface area (Å²) in [7, 11) is 0. The van der Waals surface area contributed by atoms with E-state index < -0.39 is 11.7 Å². The van der Waals surface area contributed by atoms with Gasteiger partial charge in [0, 0.05) is 5.56 Å². The summed E-state index contributed by atoms with van der Waals surface area (Å²) in [5.41, 5.74) is 10.3. The van der Waals surface area contributed by atoms with Crippen molar-refractivity contribution in [3.8, 4) is 5.75 Å². The molecule has 0 heterocycles. The van der Waals surface area contributed by atoms with Crippen LogP contribution in [-0.2, 0) is 12.8 Å². The lowest BCUT2D eigenvalue weighted by molar-refractivity contribution is -0.137. The van der Waals surface area contributed by atoms with Crippen LogP contribution in [0.3, 0.4) is 0 Å². The molecule has 0 radical (unpaired) electrons. The minimum absolute atomic E-state index is 0.114. The lowest BCUT2D eigenvalue weighted by Gasteiger charge is -2.13. The number of nitrogens with zero attached hydrogens (tertiary/aromatic N) is 2. The number of alkyl halides is 3. The molecule has 0 unspecified atom stereocenters. The van der Waals surface area contributed by atoms with Gasteiger partial charge in [-0.1, -0.05) is 35.9 Å². The molecule has 9 heteroatoms. The summed E-state index contributed by atoms with van der Waals surface area (Å²) in [6.45, 7) is -0.114. The van der Waals surface area contributed by atoms with Gasteiger partial charge in [0.25, 0.3) is 0 Å². The SMILES string of the molecule is NC(N)=N/N=C/c1cccc(OCc2cccc(C(F)(F)F)c2Cl)c1. The highest BCUT2D eigenvalue weighted by Crippen LogP contribution is 2.36. The number of nitrogens with two attached hydrogens (primary N) is 2. The average Bonchev–Trinajstić information content (AvgIpc) is 2.53. The Morgan fingerprint density at radius 1 is 1.16 bits per heavy atom. The molecule has 2 rings (SSSR count). The number of ether oxygens (including phenoxy) is 1. The van der Waals surface area contributed by atoms with Crippen LogP contribution in [0.4, 0.5) is 13.2 Å². The van der Waals surface area contributed by atoms with Crippen LogP contribution in [0.5, 0.6) is 5.75 Å². The molecule has 0 aliphatic rings. The van der Waals surface area contributed by atoms with Crippen molar-refractivity contribution in [2.75, 3.05) is 0 Å². The lowest BCUT2D eigenvalue weighted by atomic mass is 10.1. The standard InChI is InChI=1S/C16H14ClF3N4O/c17-14-11(4-2-6-13(14)16(18,19)20)9-25-12-5-1-3-10(7-12)8-23-24-15(21)22/h1-8H,9H2,(H4,21,22,24)/b23-8+. The third kappa shape index (κ3) is 5.39. The fourth-order valence-corrected chi connectivity index (χ4v) is 2.21. The summed E-state index contributed by atoms with van der Waals surface area (Å²) in [5, 5.41) is 6.75. The van der Waals surface area contributed by atoms with Gasteiger partial charge in [-0.25, -0.2) is 0 Å². The maximum absolute atomic E-state index is 12.9. The van der Waals surface area contributed by atoms with Gasteiger partial charge in [0.05, 0.1) is 16.8 Å². The van der Waals surface area contributed by atoms with Gasteiger partial charge in [0.2, 0.25) is 5.96 Å². The molecule has 0 fully saturated rings. The van der Waals surface area contributed by atoms with Crippen molar-refractivity contribution in [2.45, 2.75) is 12.8 Å². The predicted octanol–water partition coefficient (Wildman–Crippen LogP) is 3.55. The van der Waals surface area contributed by atoms with Crippen LogP contribution >= 0.6 is 11.6 Å². The molecule has 2 aromatic carbocycles. The molecule has 5 nitrogen and oxygen atoms in total. The van der Waals surface area contributed by atoms with Gasteiger partial charge in [-0.2, -0.15) is 18.3 Å². The average molecular weight is 371 g/mol. The van der Waals surface area contributed by atoms with Crippen molar-refractivity contribution in [1.82, 2.24) is 0 Å². The Morgan fingerprint density at radius 3 is 2.56 bits per heavy atom. The highest BCUT2D eigenvalue weighted by molar-refractivity contribution is 6.32. The number of benzene rings is 2. The normalized spacial score (nSPS) is 11.5. The Balaban J connectivity index is 2.12. The van der Waals surface area contributed by atoms with Crippen LogP contribution in [0.2, 0.25) is 5.02 Å². The molecule has 132 valence electrons. The number of hydrogen-bond donors (Lipinski definition) is 2. The maximum Gasteiger partial charge on any atom is 0.417 e. The molecule has 0 amide bonds. The van der Waals surface area contributed by atoms with E-state index in [-0.39, 0.29) is 23.2 Å². The van der Waals surface area contributed by atoms with E-state index in [0.29, 0.717) is 11.3 Å². The van der Waals surface area contributed by atoms with Crippen LogP contribution in [-0.4, -0.2) is 12.2 Å². The van der Waals surface area contributed by atoms with E-state index in [4.69, 9.17) is 27.8 Å². The largest absolute Gasteiger partial charge is 0.489 e. The quantitative estimate of drug-likeness (QED) is 0.479. The molecule has 4 N–H and O–H groups in total. The fourth-order valence-electron chi connectivity index (χ4n) is 1.92. The van der Waals surface area contributed by atoms with Crippen molar-refractivity contribution in [3.63, 3.8) is 0 Å². The molecule has 25 heavy (non-hydrogen) atoms. The van der Waals surface area contributed by atoms with Crippen molar-refractivity contribution in [2.24, 2.45) is 21.7 Å². The predicted molar refractivity (Wildman–Crippen MR) is 90.6 cm³/mol. The topological polar surface area (TPSA) is 86.0 Å². The molecule has 0 saturated carbocycles. The van der Waals surface area contributed by atoms with Gasteiger partial charge in [-0.3, -0.25) is 0 Å². The third-order valence-electron chi connectivity index (χ3n) is 3.02. The fraction of sp³-hybridized carbons (Fsp3) is 0.125. The summed E-state index contributed by atoms with van der Waals surface area (Å²) in [6.07, 6.45) is -3.11. The second-order valence-electron chi connectivity index (χ2n) is 4.91. The van der Waals surface area contributed by atoms with Gasteiger partial charge in [0.15, 0.2) is 0 Å². The van der Waals surface area contributed by atoms with E-state index in [2.05, 4.69) is 10.2 Å². The van der Waals surface area contributed by atoms with Crippen LogP contribution in [0.15, 0.2) is 52.7 Å². The monoisotopic (exact) mass is 370 g/mol. The molecule has 0 bridgehead atoms. The first-order valence-electron chi connectivity index (χ1n) is 6.97. The molecule has 0 atom stereocenters. The van der Waals surface area contributed by atoms with Crippen molar-refractivity contribution >= 4 is 23.8 Å². The summed E-state index contributed by atoms with van der Waals surface area (Å²) < 4.78 is 44.1. The molecule has 0 spiro atoms. The Morgan fingerprint density at radius 2 is 1.88 bits per heavy atom. The minimum atomic E-state index is -4.52.